The van der Waals surface area contributed by atoms with E-state index in [1.165, 1.54) is 11.5 Å². The summed E-state index contributed by atoms with van der Waals surface area (Å²) >= 11 is 1.22. The Balaban J connectivity index is 1.94. The lowest BCUT2D eigenvalue weighted by Gasteiger charge is -2.34. The highest BCUT2D eigenvalue weighted by Crippen LogP contribution is 2.25. The number of hydrogen-bond donors (Lipinski definition) is 0. The number of hydrogen-bond acceptors (Lipinski definition) is 5. The van der Waals surface area contributed by atoms with Crippen molar-refractivity contribution in [2.45, 2.75) is 25.9 Å². The molecule has 5 nitrogen and oxygen atoms in total. The van der Waals surface area contributed by atoms with Crippen LogP contribution in [-0.2, 0) is 22.5 Å². The van der Waals surface area contributed by atoms with Gasteiger partial charge in [0.15, 0.2) is 0 Å². The molecule has 114 valence electrons. The predicted octanol–water partition coefficient (Wildman–Crippen LogP) is 2.27. The molecule has 0 fully saturated rings. The van der Waals surface area contributed by atoms with Crippen molar-refractivity contribution >= 4 is 23.4 Å². The molecule has 0 spiro atoms. The molecule has 3 rings (SSSR count). The SMILES string of the molecule is CCOC(=O)C1Cc2ccccc2CN1C(=O)c1ccsn1. The molecule has 2 aromatic rings. The Morgan fingerprint density at radius 2 is 2.09 bits per heavy atom. The average molecular weight is 316 g/mol. The highest BCUT2D eigenvalue weighted by atomic mass is 32.1. The lowest BCUT2D eigenvalue weighted by molar-refractivity contribution is -0.149. The number of rotatable bonds is 3. The number of benzene rings is 1. The molecular weight excluding hydrogens is 300 g/mol. The van der Waals surface area contributed by atoms with Crippen molar-refractivity contribution in [3.63, 3.8) is 0 Å². The number of aromatic nitrogens is 1. The smallest absolute Gasteiger partial charge is 0.329 e. The second-order valence-electron chi connectivity index (χ2n) is 5.06. The second kappa shape index (κ2) is 6.27. The molecule has 1 unspecified atom stereocenters. The molecular formula is C16H16N2O3S. The van der Waals surface area contributed by atoms with E-state index in [1.54, 1.807) is 23.3 Å². The molecule has 0 N–H and O–H groups in total. The largest absolute Gasteiger partial charge is 0.464 e. The molecule has 6 heteroatoms. The first-order valence-electron chi connectivity index (χ1n) is 7.15. The fourth-order valence-corrected chi connectivity index (χ4v) is 3.16. The van der Waals surface area contributed by atoms with Crippen molar-refractivity contribution < 1.29 is 14.3 Å². The van der Waals surface area contributed by atoms with Gasteiger partial charge in [-0.15, -0.1) is 0 Å². The van der Waals surface area contributed by atoms with Crippen molar-refractivity contribution in [2.24, 2.45) is 0 Å². The van der Waals surface area contributed by atoms with E-state index >= 15 is 0 Å². The summed E-state index contributed by atoms with van der Waals surface area (Å²) in [6, 6.07) is 8.94. The van der Waals surface area contributed by atoms with Gasteiger partial charge in [0.1, 0.15) is 11.7 Å². The van der Waals surface area contributed by atoms with Gasteiger partial charge in [-0.3, -0.25) is 4.79 Å². The number of carbonyl (C=O) groups is 2. The fourth-order valence-electron chi connectivity index (χ4n) is 2.66. The third-order valence-electron chi connectivity index (χ3n) is 3.73. The van der Waals surface area contributed by atoms with Crippen LogP contribution in [0.1, 0.15) is 28.5 Å². The zero-order valence-corrected chi connectivity index (χ0v) is 13.0. The summed E-state index contributed by atoms with van der Waals surface area (Å²) in [6.07, 6.45) is 0.477. The average Bonchev–Trinajstić information content (AvgIpc) is 3.07. The van der Waals surface area contributed by atoms with Gasteiger partial charge in [-0.1, -0.05) is 24.3 Å². The topological polar surface area (TPSA) is 59.5 Å². The molecule has 2 heterocycles. The van der Waals surface area contributed by atoms with E-state index in [9.17, 15) is 9.59 Å². The third kappa shape index (κ3) is 2.74. The molecule has 1 aliphatic rings. The Morgan fingerprint density at radius 3 is 2.77 bits per heavy atom. The monoisotopic (exact) mass is 316 g/mol. The number of ether oxygens (including phenoxy) is 1. The highest BCUT2D eigenvalue weighted by molar-refractivity contribution is 7.03. The van der Waals surface area contributed by atoms with Crippen LogP contribution in [0.5, 0.6) is 0 Å². The molecule has 0 bridgehead atoms. The van der Waals surface area contributed by atoms with E-state index in [0.29, 0.717) is 25.3 Å². The van der Waals surface area contributed by atoms with Gasteiger partial charge in [0, 0.05) is 18.3 Å². The number of fused-ring (bicyclic) bond motifs is 1. The van der Waals surface area contributed by atoms with Crippen LogP contribution in [0.15, 0.2) is 35.7 Å². The van der Waals surface area contributed by atoms with Gasteiger partial charge in [-0.25, -0.2) is 4.79 Å². The minimum absolute atomic E-state index is 0.228. The van der Waals surface area contributed by atoms with Crippen LogP contribution in [0.3, 0.4) is 0 Å². The van der Waals surface area contributed by atoms with Gasteiger partial charge in [0.25, 0.3) is 5.91 Å². The van der Waals surface area contributed by atoms with E-state index < -0.39 is 6.04 Å². The molecule has 0 radical (unpaired) electrons. The van der Waals surface area contributed by atoms with E-state index in [0.717, 1.165) is 11.1 Å². The van der Waals surface area contributed by atoms with E-state index in [2.05, 4.69) is 4.37 Å². The number of amides is 1. The maximum atomic E-state index is 12.7. The zero-order valence-electron chi connectivity index (χ0n) is 12.2. The molecule has 1 atom stereocenters. The van der Waals surface area contributed by atoms with Crippen LogP contribution in [-0.4, -0.2) is 33.8 Å². The molecule has 1 amide bonds. The van der Waals surface area contributed by atoms with E-state index in [-0.39, 0.29) is 11.9 Å². The highest BCUT2D eigenvalue weighted by Gasteiger charge is 2.36. The predicted molar refractivity (Wildman–Crippen MR) is 82.6 cm³/mol. The van der Waals surface area contributed by atoms with Crippen LogP contribution in [0.4, 0.5) is 0 Å². The van der Waals surface area contributed by atoms with Crippen molar-refractivity contribution in [1.82, 2.24) is 9.27 Å². The lowest BCUT2D eigenvalue weighted by Crippen LogP contribution is -2.49. The minimum Gasteiger partial charge on any atom is -0.464 e. The van der Waals surface area contributed by atoms with Crippen molar-refractivity contribution in [3.8, 4) is 0 Å². The standard InChI is InChI=1S/C16H16N2O3S/c1-2-21-16(20)14-9-11-5-3-4-6-12(11)10-18(14)15(19)13-7-8-22-17-13/h3-8,14H,2,9-10H2,1H3. The maximum Gasteiger partial charge on any atom is 0.329 e. The summed E-state index contributed by atoms with van der Waals surface area (Å²) in [5.41, 5.74) is 2.52. The van der Waals surface area contributed by atoms with Crippen LogP contribution in [0.2, 0.25) is 0 Å². The summed E-state index contributed by atoms with van der Waals surface area (Å²) in [7, 11) is 0. The van der Waals surface area contributed by atoms with Gasteiger partial charge in [-0.05, 0) is 35.6 Å². The Hall–Kier alpha value is -2.21. The van der Waals surface area contributed by atoms with E-state index in [4.69, 9.17) is 4.74 Å². The van der Waals surface area contributed by atoms with Gasteiger partial charge in [-0.2, -0.15) is 4.37 Å². The molecule has 1 aromatic heterocycles. The minimum atomic E-state index is -0.593. The first kappa shape index (κ1) is 14.7. The molecule has 1 aromatic carbocycles. The Labute approximate surface area is 132 Å². The summed E-state index contributed by atoms with van der Waals surface area (Å²) in [5, 5.41) is 1.75. The Kier molecular flexibility index (Phi) is 4.20. The van der Waals surface area contributed by atoms with Gasteiger partial charge in [0.2, 0.25) is 0 Å². The zero-order chi connectivity index (χ0) is 15.5. The summed E-state index contributed by atoms with van der Waals surface area (Å²) in [5.74, 6) is -0.589. The van der Waals surface area contributed by atoms with Crippen LogP contribution < -0.4 is 0 Å². The molecule has 1 aliphatic heterocycles. The summed E-state index contributed by atoms with van der Waals surface area (Å²) < 4.78 is 9.23. The van der Waals surface area contributed by atoms with E-state index in [1.807, 2.05) is 24.3 Å². The van der Waals surface area contributed by atoms with Crippen LogP contribution in [0.25, 0.3) is 0 Å². The van der Waals surface area contributed by atoms with Crippen LogP contribution >= 0.6 is 11.5 Å². The fraction of sp³-hybridized carbons (Fsp3) is 0.312. The first-order chi connectivity index (χ1) is 10.7. The number of carbonyl (C=O) groups excluding carboxylic acids is 2. The third-order valence-corrected chi connectivity index (χ3v) is 4.28. The lowest BCUT2D eigenvalue weighted by atomic mass is 9.93. The van der Waals surface area contributed by atoms with Gasteiger partial charge in [0.05, 0.1) is 6.61 Å². The molecule has 0 saturated heterocycles. The summed E-state index contributed by atoms with van der Waals surface area (Å²) in [6.45, 7) is 2.47. The van der Waals surface area contributed by atoms with Crippen LogP contribution in [0, 0.1) is 0 Å². The number of nitrogens with zero attached hydrogens (tertiary/aromatic N) is 2. The van der Waals surface area contributed by atoms with Gasteiger partial charge < -0.3 is 9.64 Å². The molecule has 22 heavy (non-hydrogen) atoms. The second-order valence-corrected chi connectivity index (χ2v) is 5.72. The quantitative estimate of drug-likeness (QED) is 0.815. The number of esters is 1. The van der Waals surface area contributed by atoms with Gasteiger partial charge >= 0.3 is 5.97 Å². The van der Waals surface area contributed by atoms with Crippen molar-refractivity contribution in [1.29, 1.82) is 0 Å². The summed E-state index contributed by atoms with van der Waals surface area (Å²) in [4.78, 5) is 26.5. The Bertz CT molecular complexity index is 684. The normalized spacial score (nSPS) is 17.0. The first-order valence-corrected chi connectivity index (χ1v) is 7.99. The Morgan fingerprint density at radius 1 is 1.32 bits per heavy atom. The van der Waals surface area contributed by atoms with Crippen molar-refractivity contribution in [3.05, 3.63) is 52.5 Å². The molecule has 0 saturated carbocycles. The molecule has 0 aliphatic carbocycles. The maximum absolute atomic E-state index is 12.7. The van der Waals surface area contributed by atoms with Crippen molar-refractivity contribution in [2.75, 3.05) is 6.61 Å².